The number of hydrogen-bond donors (Lipinski definition) is 0. The van der Waals surface area contributed by atoms with Crippen molar-refractivity contribution in [2.24, 2.45) is 9.98 Å². The van der Waals surface area contributed by atoms with Gasteiger partial charge in [0.15, 0.2) is 0 Å². The van der Waals surface area contributed by atoms with Crippen molar-refractivity contribution >= 4 is 51.5 Å². The van der Waals surface area contributed by atoms with E-state index in [2.05, 4.69) is 98.4 Å². The van der Waals surface area contributed by atoms with Gasteiger partial charge in [-0.3, -0.25) is 0 Å². The molecule has 0 unspecified atom stereocenters. The van der Waals surface area contributed by atoms with Crippen LogP contribution in [0.3, 0.4) is 0 Å². The fourth-order valence-electron chi connectivity index (χ4n) is 0.818. The molecule has 1 aliphatic rings. The molecule has 0 bridgehead atoms. The predicted octanol–water partition coefficient (Wildman–Crippen LogP) is 7.29. The molecule has 0 saturated carbocycles. The van der Waals surface area contributed by atoms with Crippen LogP contribution in [0.5, 0.6) is 0 Å². The molecule has 0 aromatic heterocycles. The Morgan fingerprint density at radius 1 is 0.556 bits per heavy atom. The number of hydrogen-bond acceptors (Lipinski definition) is 2. The number of para-hydroxylation sites is 2. The zero-order valence-corrected chi connectivity index (χ0v) is 25.9. The Balaban J connectivity index is -0.000000305. The molecule has 0 saturated heterocycles. The van der Waals surface area contributed by atoms with Crippen molar-refractivity contribution in [1.82, 2.24) is 0 Å². The number of nitrogens with zero attached hydrogens (tertiary/aromatic N) is 2. The van der Waals surface area contributed by atoms with Crippen LogP contribution in [0.4, 0.5) is 11.4 Å². The van der Waals surface area contributed by atoms with Gasteiger partial charge in [0.05, 0.1) is 0 Å². The van der Waals surface area contributed by atoms with Gasteiger partial charge in [0.25, 0.3) is 0 Å². The topological polar surface area (TPSA) is 24.7 Å². The molecule has 1 aliphatic heterocycles. The van der Waals surface area contributed by atoms with E-state index >= 15 is 0 Å². The summed E-state index contributed by atoms with van der Waals surface area (Å²) >= 11 is -0.744. The van der Waals surface area contributed by atoms with Crippen LogP contribution >= 0.6 is 31.7 Å². The number of aliphatic imine (C=N–C) groups is 2. The van der Waals surface area contributed by atoms with Gasteiger partial charge in [-0.15, -0.1) is 31.7 Å². The standard InChI is InChI=1S/C8H4N2.4C3H9P.W/c1-9-7-5-3-4-6-8(7)10-2;4*1-4(2)3;/h3-6H;4*1-3H3;. The Morgan fingerprint density at radius 3 is 1.00 bits per heavy atom. The maximum atomic E-state index is 4.15. The Kier molecular flexibility index (Phi) is 27.7. The molecule has 0 N–H and O–H groups in total. The molecule has 1 aromatic carbocycles. The van der Waals surface area contributed by atoms with E-state index in [1.54, 1.807) is 0 Å². The van der Waals surface area contributed by atoms with Crippen LogP contribution in [0.2, 0.25) is 0 Å². The van der Waals surface area contributed by atoms with E-state index in [1.165, 1.54) is 0 Å². The molecule has 156 valence electrons. The maximum absolute atomic E-state index is 4.15. The third-order valence-electron chi connectivity index (χ3n) is 1.31. The van der Waals surface area contributed by atoms with Crippen molar-refractivity contribution in [3.63, 3.8) is 0 Å². The van der Waals surface area contributed by atoms with Gasteiger partial charge in [-0.1, -0.05) is 0 Å². The minimum atomic E-state index is -0.744. The molecule has 0 fully saturated rings. The van der Waals surface area contributed by atoms with Crippen LogP contribution in [0, 0.1) is 0 Å². The fraction of sp³-hybridized carbons (Fsp3) is 0.600. The second-order valence-corrected chi connectivity index (χ2v) is 20.1. The zero-order valence-electron chi connectivity index (χ0n) is 19.4. The molecular formula is C20H40N2P4W. The molecule has 2 rings (SSSR count). The van der Waals surface area contributed by atoms with Crippen LogP contribution in [0.1, 0.15) is 0 Å². The van der Waals surface area contributed by atoms with Crippen molar-refractivity contribution < 1.29 is 17.6 Å². The van der Waals surface area contributed by atoms with Crippen molar-refractivity contribution in [1.29, 1.82) is 0 Å². The predicted molar refractivity (Wildman–Crippen MR) is 139 cm³/mol. The summed E-state index contributed by atoms with van der Waals surface area (Å²) in [7, 11) is 1.52. The molecule has 0 amide bonds. The Bertz CT molecular complexity index is 526. The molecular weight excluding hydrogens is 576 g/mol. The van der Waals surface area contributed by atoms with Gasteiger partial charge in [0.1, 0.15) is 0 Å². The molecule has 27 heavy (non-hydrogen) atoms. The third kappa shape index (κ3) is 42.0. The summed E-state index contributed by atoms with van der Waals surface area (Å²) in [5, 5.41) is 0. The summed E-state index contributed by atoms with van der Waals surface area (Å²) in [6, 6.07) is 7.79. The van der Waals surface area contributed by atoms with E-state index in [-0.39, 0.29) is 0 Å². The molecule has 0 aliphatic carbocycles. The number of rotatable bonds is 0. The second-order valence-electron chi connectivity index (χ2n) is 7.36. The van der Waals surface area contributed by atoms with Gasteiger partial charge < -0.3 is 0 Å². The van der Waals surface area contributed by atoms with E-state index in [0.717, 1.165) is 11.4 Å². The summed E-state index contributed by atoms with van der Waals surface area (Å²) in [6.07, 6.45) is 0. The molecule has 0 atom stereocenters. The van der Waals surface area contributed by atoms with E-state index in [4.69, 9.17) is 0 Å². The first-order chi connectivity index (χ1) is 12.4. The van der Waals surface area contributed by atoms with Crippen LogP contribution in [0.25, 0.3) is 0 Å². The molecule has 7 heteroatoms. The SMILES string of the molecule is CP(C)C.CP(C)C.CP(C)C.CP(C)C.[C]1=Nc2ccccc2N=[C]=[W]=1. The third-order valence-corrected chi connectivity index (χ3v) is 2.62. The van der Waals surface area contributed by atoms with Crippen molar-refractivity contribution in [3.8, 4) is 0 Å². The zero-order chi connectivity index (χ0) is 21.8. The summed E-state index contributed by atoms with van der Waals surface area (Å²) in [6.45, 7) is 26.8. The number of fused-ring (bicyclic) bond motifs is 1. The molecule has 2 nitrogen and oxygen atoms in total. The van der Waals surface area contributed by atoms with Gasteiger partial charge >= 0.3 is 71.7 Å². The first-order valence-corrected chi connectivity index (χ1v) is 22.2. The van der Waals surface area contributed by atoms with Crippen molar-refractivity contribution in [2.75, 3.05) is 80.0 Å². The minimum absolute atomic E-state index is 0.380. The first kappa shape index (κ1) is 32.5. The molecule has 0 radical (unpaired) electrons. The van der Waals surface area contributed by atoms with E-state index in [1.807, 2.05) is 24.3 Å². The first-order valence-electron chi connectivity index (χ1n) is 8.50. The summed E-state index contributed by atoms with van der Waals surface area (Å²) in [5.74, 6) is 0. The normalized spacial score (nSPS) is 10.2. The van der Waals surface area contributed by atoms with Crippen LogP contribution in [-0.2, 0) is 17.6 Å². The summed E-state index contributed by atoms with van der Waals surface area (Å²) in [5.41, 5.74) is 1.83. The fourth-order valence-corrected chi connectivity index (χ4v) is 2.00. The molecule has 1 aromatic rings. The monoisotopic (exact) mass is 616 g/mol. The Morgan fingerprint density at radius 2 is 0.778 bits per heavy atom. The second kappa shape index (κ2) is 23.1. The average molecular weight is 616 g/mol. The number of benzene rings is 1. The molecule has 1 heterocycles. The van der Waals surface area contributed by atoms with Crippen LogP contribution in [-0.4, -0.2) is 88.4 Å². The van der Waals surface area contributed by atoms with Gasteiger partial charge in [-0.25, -0.2) is 0 Å². The van der Waals surface area contributed by atoms with E-state index < -0.39 is 17.6 Å². The summed E-state index contributed by atoms with van der Waals surface area (Å²) in [4.78, 5) is 8.31. The van der Waals surface area contributed by atoms with Gasteiger partial charge in [0.2, 0.25) is 0 Å². The quantitative estimate of drug-likeness (QED) is 0.278. The van der Waals surface area contributed by atoms with Gasteiger partial charge in [-0.05, 0) is 80.0 Å². The van der Waals surface area contributed by atoms with Gasteiger partial charge in [0, 0.05) is 0 Å². The average Bonchev–Trinajstić information content (AvgIpc) is 2.70. The van der Waals surface area contributed by atoms with E-state index in [9.17, 15) is 0 Å². The summed E-state index contributed by atoms with van der Waals surface area (Å²) < 4.78 is 5.98. The van der Waals surface area contributed by atoms with Crippen LogP contribution < -0.4 is 0 Å². The van der Waals surface area contributed by atoms with E-state index in [0.29, 0.717) is 31.7 Å². The molecule has 0 spiro atoms. The van der Waals surface area contributed by atoms with Gasteiger partial charge in [-0.2, -0.15) is 0 Å². The van der Waals surface area contributed by atoms with Crippen LogP contribution in [0.15, 0.2) is 34.3 Å². The van der Waals surface area contributed by atoms with Crippen molar-refractivity contribution in [2.45, 2.75) is 0 Å². The van der Waals surface area contributed by atoms with Crippen molar-refractivity contribution in [3.05, 3.63) is 24.3 Å². The Labute approximate surface area is 182 Å². The Hall–Kier alpha value is 0.788.